The van der Waals surface area contributed by atoms with Gasteiger partial charge in [0.2, 0.25) is 0 Å². The average molecular weight is 360 g/mol. The summed E-state index contributed by atoms with van der Waals surface area (Å²) in [4.78, 5) is 23.7. The summed E-state index contributed by atoms with van der Waals surface area (Å²) >= 11 is 9.46. The van der Waals surface area contributed by atoms with Crippen molar-refractivity contribution in [2.24, 2.45) is 0 Å². The molecular formula is C14H12BrClO4. The summed E-state index contributed by atoms with van der Waals surface area (Å²) in [6.07, 6.45) is 1.38. The number of halogens is 2. The highest BCUT2D eigenvalue weighted by atomic mass is 79.9. The third-order valence-electron chi connectivity index (χ3n) is 2.62. The lowest BCUT2D eigenvalue weighted by molar-refractivity contribution is -0.222. The Bertz CT molecular complexity index is 612. The lowest BCUT2D eigenvalue weighted by Crippen LogP contribution is -2.41. The second-order valence-electron chi connectivity index (χ2n) is 4.89. The molecule has 0 aliphatic carbocycles. The predicted octanol–water partition coefficient (Wildman–Crippen LogP) is 3.63. The Labute approximate surface area is 129 Å². The number of hydrogen-bond acceptors (Lipinski definition) is 4. The molecule has 4 nitrogen and oxygen atoms in total. The number of benzene rings is 1. The van der Waals surface area contributed by atoms with Gasteiger partial charge in [0.05, 0.1) is 5.02 Å². The molecule has 20 heavy (non-hydrogen) atoms. The number of rotatable bonds is 1. The highest BCUT2D eigenvalue weighted by Gasteiger charge is 2.38. The van der Waals surface area contributed by atoms with Crippen LogP contribution in [0, 0.1) is 6.92 Å². The number of esters is 2. The van der Waals surface area contributed by atoms with E-state index in [1.807, 2.05) is 13.0 Å². The van der Waals surface area contributed by atoms with E-state index in [-0.39, 0.29) is 5.57 Å². The van der Waals surface area contributed by atoms with Gasteiger partial charge in [0.25, 0.3) is 5.79 Å². The van der Waals surface area contributed by atoms with Crippen LogP contribution < -0.4 is 0 Å². The molecule has 1 saturated heterocycles. The van der Waals surface area contributed by atoms with Crippen molar-refractivity contribution in [2.75, 3.05) is 0 Å². The van der Waals surface area contributed by atoms with Gasteiger partial charge in [-0.15, -0.1) is 0 Å². The van der Waals surface area contributed by atoms with Gasteiger partial charge in [-0.2, -0.15) is 0 Å². The van der Waals surface area contributed by atoms with Crippen molar-refractivity contribution < 1.29 is 19.1 Å². The van der Waals surface area contributed by atoms with Gasteiger partial charge < -0.3 is 9.47 Å². The summed E-state index contributed by atoms with van der Waals surface area (Å²) in [5, 5.41) is 0.411. The van der Waals surface area contributed by atoms with Crippen LogP contribution in [0.5, 0.6) is 0 Å². The second kappa shape index (κ2) is 5.22. The molecule has 1 aliphatic heterocycles. The summed E-state index contributed by atoms with van der Waals surface area (Å²) in [6, 6.07) is 3.60. The maximum Gasteiger partial charge on any atom is 0.348 e. The predicted molar refractivity (Wildman–Crippen MR) is 78.1 cm³/mol. The standard InChI is InChI=1S/C14H12BrClO4/c1-7-4-8(11(16)10(15)5-7)6-9-12(17)19-14(2,3)20-13(9)18/h4-6H,1-3H3. The van der Waals surface area contributed by atoms with Gasteiger partial charge in [0, 0.05) is 18.3 Å². The number of carbonyl (C=O) groups is 2. The van der Waals surface area contributed by atoms with E-state index < -0.39 is 17.7 Å². The SMILES string of the molecule is Cc1cc(Br)c(Cl)c(C=C2C(=O)OC(C)(C)OC2=O)c1. The van der Waals surface area contributed by atoms with E-state index in [2.05, 4.69) is 15.9 Å². The molecule has 1 heterocycles. The van der Waals surface area contributed by atoms with Crippen LogP contribution in [0.3, 0.4) is 0 Å². The van der Waals surface area contributed by atoms with Crippen molar-refractivity contribution in [3.63, 3.8) is 0 Å². The molecule has 0 amide bonds. The van der Waals surface area contributed by atoms with E-state index in [1.165, 1.54) is 19.9 Å². The zero-order valence-corrected chi connectivity index (χ0v) is 13.5. The number of hydrogen-bond donors (Lipinski definition) is 0. The van der Waals surface area contributed by atoms with E-state index in [4.69, 9.17) is 21.1 Å². The van der Waals surface area contributed by atoms with Gasteiger partial charge in [-0.25, -0.2) is 9.59 Å². The van der Waals surface area contributed by atoms with Gasteiger partial charge in [0.15, 0.2) is 0 Å². The molecule has 0 spiro atoms. The highest BCUT2D eigenvalue weighted by molar-refractivity contribution is 9.10. The van der Waals surface area contributed by atoms with Crippen LogP contribution in [-0.2, 0) is 19.1 Å². The molecule has 0 N–H and O–H groups in total. The van der Waals surface area contributed by atoms with Gasteiger partial charge in [-0.05, 0) is 46.1 Å². The first-order chi connectivity index (χ1) is 9.19. The van der Waals surface area contributed by atoms with Gasteiger partial charge in [-0.3, -0.25) is 0 Å². The number of ether oxygens (including phenoxy) is 2. The van der Waals surface area contributed by atoms with E-state index in [9.17, 15) is 9.59 Å². The number of carbonyl (C=O) groups excluding carboxylic acids is 2. The minimum absolute atomic E-state index is 0.177. The van der Waals surface area contributed by atoms with E-state index in [0.29, 0.717) is 15.1 Å². The fourth-order valence-electron chi connectivity index (χ4n) is 1.79. The molecule has 1 aliphatic rings. The molecule has 1 aromatic rings. The Morgan fingerprint density at radius 2 is 1.75 bits per heavy atom. The lowest BCUT2D eigenvalue weighted by atomic mass is 10.1. The average Bonchev–Trinajstić information content (AvgIpc) is 2.28. The van der Waals surface area contributed by atoms with Crippen LogP contribution in [0.1, 0.15) is 25.0 Å². The van der Waals surface area contributed by atoms with Crippen molar-refractivity contribution >= 4 is 45.5 Å². The van der Waals surface area contributed by atoms with Gasteiger partial charge >= 0.3 is 11.9 Å². The largest absolute Gasteiger partial charge is 0.419 e. The summed E-state index contributed by atoms with van der Waals surface area (Å²) in [5.74, 6) is -2.69. The van der Waals surface area contributed by atoms with E-state index in [1.54, 1.807) is 6.07 Å². The molecule has 0 unspecified atom stereocenters. The Morgan fingerprint density at radius 1 is 1.20 bits per heavy atom. The maximum absolute atomic E-state index is 11.9. The zero-order valence-electron chi connectivity index (χ0n) is 11.1. The van der Waals surface area contributed by atoms with Crippen molar-refractivity contribution in [3.05, 3.63) is 38.3 Å². The van der Waals surface area contributed by atoms with Crippen molar-refractivity contribution in [2.45, 2.75) is 26.6 Å². The van der Waals surface area contributed by atoms with Crippen LogP contribution in [0.25, 0.3) is 6.08 Å². The molecule has 0 atom stereocenters. The number of cyclic esters (lactones) is 2. The Hall–Kier alpha value is -1.33. The normalized spacial score (nSPS) is 17.6. The molecule has 1 fully saturated rings. The third-order valence-corrected chi connectivity index (χ3v) is 3.89. The third kappa shape index (κ3) is 3.04. The monoisotopic (exact) mass is 358 g/mol. The highest BCUT2D eigenvalue weighted by Crippen LogP contribution is 2.31. The van der Waals surface area contributed by atoms with Crippen LogP contribution in [0.2, 0.25) is 5.02 Å². The summed E-state index contributed by atoms with van der Waals surface area (Å²) in [5.41, 5.74) is 1.30. The smallest absolute Gasteiger partial charge is 0.348 e. The molecule has 2 rings (SSSR count). The Morgan fingerprint density at radius 3 is 2.30 bits per heavy atom. The molecule has 106 valence electrons. The summed E-state index contributed by atoms with van der Waals surface area (Å²) < 4.78 is 10.7. The van der Waals surface area contributed by atoms with Crippen molar-refractivity contribution in [1.82, 2.24) is 0 Å². The molecule has 0 bridgehead atoms. The van der Waals surface area contributed by atoms with Crippen LogP contribution in [0.15, 0.2) is 22.2 Å². The van der Waals surface area contributed by atoms with Crippen LogP contribution in [-0.4, -0.2) is 17.7 Å². The molecule has 6 heteroatoms. The zero-order chi connectivity index (χ0) is 15.1. The lowest BCUT2D eigenvalue weighted by Gasteiger charge is -2.29. The molecule has 0 saturated carbocycles. The molecule has 1 aromatic carbocycles. The first-order valence-electron chi connectivity index (χ1n) is 5.83. The van der Waals surface area contributed by atoms with Crippen molar-refractivity contribution in [1.29, 1.82) is 0 Å². The number of aryl methyl sites for hydroxylation is 1. The first kappa shape index (κ1) is 15.1. The van der Waals surface area contributed by atoms with E-state index in [0.717, 1.165) is 5.56 Å². The van der Waals surface area contributed by atoms with Crippen molar-refractivity contribution in [3.8, 4) is 0 Å². The minimum Gasteiger partial charge on any atom is -0.419 e. The van der Waals surface area contributed by atoms with Gasteiger partial charge in [-0.1, -0.05) is 17.7 Å². The Kier molecular flexibility index (Phi) is 3.93. The maximum atomic E-state index is 11.9. The summed E-state index contributed by atoms with van der Waals surface area (Å²) in [6.45, 7) is 4.87. The molecule has 0 radical (unpaired) electrons. The quantitative estimate of drug-likeness (QED) is 0.436. The molecular weight excluding hydrogens is 348 g/mol. The van der Waals surface area contributed by atoms with Crippen LogP contribution >= 0.6 is 27.5 Å². The second-order valence-corrected chi connectivity index (χ2v) is 6.12. The summed E-state index contributed by atoms with van der Waals surface area (Å²) in [7, 11) is 0. The van der Waals surface area contributed by atoms with Crippen LogP contribution in [0.4, 0.5) is 0 Å². The minimum atomic E-state index is -1.25. The first-order valence-corrected chi connectivity index (χ1v) is 7.01. The fourth-order valence-corrected chi connectivity index (χ4v) is 2.54. The topological polar surface area (TPSA) is 52.6 Å². The van der Waals surface area contributed by atoms with E-state index >= 15 is 0 Å². The molecule has 0 aromatic heterocycles. The fraction of sp³-hybridized carbons (Fsp3) is 0.286. The Balaban J connectivity index is 2.46. The van der Waals surface area contributed by atoms with Gasteiger partial charge in [0.1, 0.15) is 5.57 Å².